The molecule has 1 aliphatic rings. The van der Waals surface area contributed by atoms with Crippen molar-refractivity contribution in [3.05, 3.63) is 0 Å². The Morgan fingerprint density at radius 2 is 2.22 bits per heavy atom. The Morgan fingerprint density at radius 1 is 1.50 bits per heavy atom. The molecular formula is C12H22N2O4. The topological polar surface area (TPSA) is 78.9 Å². The molecule has 18 heavy (non-hydrogen) atoms. The van der Waals surface area contributed by atoms with E-state index in [-0.39, 0.29) is 12.6 Å². The number of ether oxygens (including phenoxy) is 1. The van der Waals surface area contributed by atoms with Crippen LogP contribution in [0.3, 0.4) is 0 Å². The highest BCUT2D eigenvalue weighted by Gasteiger charge is 2.42. The van der Waals surface area contributed by atoms with Crippen LogP contribution in [-0.4, -0.2) is 55.4 Å². The summed E-state index contributed by atoms with van der Waals surface area (Å²) in [5.74, 6) is -0.806. The molecule has 1 rings (SSSR count). The Morgan fingerprint density at radius 3 is 2.78 bits per heavy atom. The summed E-state index contributed by atoms with van der Waals surface area (Å²) in [6.07, 6.45) is 1.92. The van der Waals surface area contributed by atoms with Gasteiger partial charge in [0.25, 0.3) is 0 Å². The van der Waals surface area contributed by atoms with E-state index in [1.165, 1.54) is 0 Å². The van der Waals surface area contributed by atoms with Crippen LogP contribution >= 0.6 is 0 Å². The first-order valence-electron chi connectivity index (χ1n) is 6.31. The molecule has 1 saturated heterocycles. The molecule has 1 atom stereocenters. The zero-order valence-corrected chi connectivity index (χ0v) is 11.1. The number of piperidine rings is 1. The first-order valence-corrected chi connectivity index (χ1v) is 6.31. The van der Waals surface area contributed by atoms with Crippen molar-refractivity contribution in [1.29, 1.82) is 0 Å². The summed E-state index contributed by atoms with van der Waals surface area (Å²) in [5, 5.41) is 12.0. The molecule has 2 amide bonds. The number of hydrogen-bond donors (Lipinski definition) is 2. The molecule has 1 aliphatic heterocycles. The molecular weight excluding hydrogens is 236 g/mol. The van der Waals surface area contributed by atoms with Gasteiger partial charge in [0, 0.05) is 26.7 Å². The number of carbonyl (C=O) groups excluding carboxylic acids is 1. The Labute approximate surface area is 107 Å². The SMILES string of the molecule is CCC1(C(=O)O)CCCN(C(=O)NCCOC)C1. The lowest BCUT2D eigenvalue weighted by molar-refractivity contribution is -0.152. The first kappa shape index (κ1) is 14.8. The molecule has 0 aromatic carbocycles. The maximum atomic E-state index is 11.9. The highest BCUT2D eigenvalue weighted by atomic mass is 16.5. The van der Waals surface area contributed by atoms with Crippen molar-refractivity contribution >= 4 is 12.0 Å². The highest BCUT2D eigenvalue weighted by molar-refractivity contribution is 5.78. The summed E-state index contributed by atoms with van der Waals surface area (Å²) in [4.78, 5) is 24.8. The number of methoxy groups -OCH3 is 1. The number of carboxylic acids is 1. The van der Waals surface area contributed by atoms with Gasteiger partial charge >= 0.3 is 12.0 Å². The van der Waals surface area contributed by atoms with Crippen molar-refractivity contribution < 1.29 is 19.4 Å². The maximum absolute atomic E-state index is 11.9. The third-order valence-corrected chi connectivity index (χ3v) is 3.58. The van der Waals surface area contributed by atoms with E-state index < -0.39 is 11.4 Å². The number of urea groups is 1. The predicted octanol–water partition coefficient (Wildman–Crippen LogP) is 0.919. The van der Waals surface area contributed by atoms with Crippen LogP contribution in [0.15, 0.2) is 0 Å². The Bertz CT molecular complexity index is 308. The minimum atomic E-state index is -0.806. The summed E-state index contributed by atoms with van der Waals surface area (Å²) in [5.41, 5.74) is -0.781. The van der Waals surface area contributed by atoms with Crippen molar-refractivity contribution in [2.75, 3.05) is 33.4 Å². The molecule has 0 aromatic rings. The van der Waals surface area contributed by atoms with Crippen LogP contribution in [0, 0.1) is 5.41 Å². The summed E-state index contributed by atoms with van der Waals surface area (Å²) in [7, 11) is 1.57. The fraction of sp³-hybridized carbons (Fsp3) is 0.833. The van der Waals surface area contributed by atoms with Crippen LogP contribution in [0.2, 0.25) is 0 Å². The van der Waals surface area contributed by atoms with Crippen molar-refractivity contribution in [2.45, 2.75) is 26.2 Å². The fourth-order valence-electron chi connectivity index (χ4n) is 2.29. The molecule has 0 saturated carbocycles. The lowest BCUT2D eigenvalue weighted by Crippen LogP contribution is -2.52. The summed E-state index contributed by atoms with van der Waals surface area (Å²) in [6.45, 7) is 3.67. The Balaban J connectivity index is 2.57. The van der Waals surface area contributed by atoms with E-state index in [0.717, 1.165) is 6.42 Å². The number of aliphatic carboxylic acids is 1. The third kappa shape index (κ3) is 3.35. The van der Waals surface area contributed by atoms with Gasteiger partial charge in [0.15, 0.2) is 0 Å². The van der Waals surface area contributed by atoms with Gasteiger partial charge in [0.2, 0.25) is 0 Å². The van der Waals surface area contributed by atoms with Crippen LogP contribution in [0.1, 0.15) is 26.2 Å². The van der Waals surface area contributed by atoms with E-state index in [1.807, 2.05) is 6.92 Å². The van der Waals surface area contributed by atoms with Gasteiger partial charge in [-0.2, -0.15) is 0 Å². The normalized spacial score (nSPS) is 23.8. The Kier molecular flexibility index (Phi) is 5.40. The van der Waals surface area contributed by atoms with Gasteiger partial charge < -0.3 is 20.1 Å². The van der Waals surface area contributed by atoms with Gasteiger partial charge in [0.05, 0.1) is 12.0 Å². The summed E-state index contributed by atoms with van der Waals surface area (Å²) >= 11 is 0. The van der Waals surface area contributed by atoms with E-state index in [1.54, 1.807) is 12.0 Å². The monoisotopic (exact) mass is 258 g/mol. The summed E-state index contributed by atoms with van der Waals surface area (Å²) < 4.78 is 4.85. The molecule has 6 heteroatoms. The molecule has 1 heterocycles. The zero-order chi connectivity index (χ0) is 13.6. The molecule has 1 unspecified atom stereocenters. The maximum Gasteiger partial charge on any atom is 0.317 e. The van der Waals surface area contributed by atoms with Crippen LogP contribution in [0.4, 0.5) is 4.79 Å². The van der Waals surface area contributed by atoms with Gasteiger partial charge in [-0.25, -0.2) is 4.79 Å². The number of rotatable bonds is 5. The summed E-state index contributed by atoms with van der Waals surface area (Å²) in [6, 6.07) is -0.203. The highest BCUT2D eigenvalue weighted by Crippen LogP contribution is 2.33. The van der Waals surface area contributed by atoms with Crippen molar-refractivity contribution in [3.8, 4) is 0 Å². The lowest BCUT2D eigenvalue weighted by atomic mass is 9.78. The van der Waals surface area contributed by atoms with Gasteiger partial charge in [0.1, 0.15) is 0 Å². The number of nitrogens with one attached hydrogen (secondary N) is 1. The second kappa shape index (κ2) is 6.58. The first-order chi connectivity index (χ1) is 8.55. The van der Waals surface area contributed by atoms with Crippen molar-refractivity contribution in [3.63, 3.8) is 0 Å². The fourth-order valence-corrected chi connectivity index (χ4v) is 2.29. The average Bonchev–Trinajstić information content (AvgIpc) is 2.38. The smallest absolute Gasteiger partial charge is 0.317 e. The number of carboxylic acid groups (broad SMARTS) is 1. The van der Waals surface area contributed by atoms with E-state index in [0.29, 0.717) is 32.5 Å². The van der Waals surface area contributed by atoms with Crippen LogP contribution in [-0.2, 0) is 9.53 Å². The number of likely N-dealkylation sites (tertiary alicyclic amines) is 1. The molecule has 0 spiro atoms. The van der Waals surface area contributed by atoms with Gasteiger partial charge in [-0.15, -0.1) is 0 Å². The van der Waals surface area contributed by atoms with E-state index in [9.17, 15) is 14.7 Å². The van der Waals surface area contributed by atoms with E-state index in [2.05, 4.69) is 5.32 Å². The molecule has 1 fully saturated rings. The van der Waals surface area contributed by atoms with Crippen LogP contribution < -0.4 is 5.32 Å². The molecule has 0 aromatic heterocycles. The zero-order valence-electron chi connectivity index (χ0n) is 11.1. The predicted molar refractivity (Wildman–Crippen MR) is 66.4 cm³/mol. The number of hydrogen-bond acceptors (Lipinski definition) is 3. The van der Waals surface area contributed by atoms with Crippen molar-refractivity contribution in [1.82, 2.24) is 10.2 Å². The molecule has 0 bridgehead atoms. The molecule has 0 aliphatic carbocycles. The van der Waals surface area contributed by atoms with Gasteiger partial charge in [-0.3, -0.25) is 4.79 Å². The quantitative estimate of drug-likeness (QED) is 0.719. The Hall–Kier alpha value is -1.30. The third-order valence-electron chi connectivity index (χ3n) is 3.58. The molecule has 104 valence electrons. The van der Waals surface area contributed by atoms with Gasteiger partial charge in [-0.05, 0) is 19.3 Å². The second-order valence-electron chi connectivity index (χ2n) is 4.69. The lowest BCUT2D eigenvalue weighted by Gasteiger charge is -2.39. The molecule has 6 nitrogen and oxygen atoms in total. The van der Waals surface area contributed by atoms with Crippen LogP contribution in [0.25, 0.3) is 0 Å². The second-order valence-corrected chi connectivity index (χ2v) is 4.69. The largest absolute Gasteiger partial charge is 0.481 e. The number of amides is 2. The average molecular weight is 258 g/mol. The molecule has 0 radical (unpaired) electrons. The van der Waals surface area contributed by atoms with Crippen molar-refractivity contribution in [2.24, 2.45) is 5.41 Å². The van der Waals surface area contributed by atoms with Gasteiger partial charge in [-0.1, -0.05) is 6.92 Å². The standard InChI is InChI=1S/C12H22N2O4/c1-3-12(10(15)16)5-4-7-14(9-12)11(17)13-6-8-18-2/h3-9H2,1-2H3,(H,13,17)(H,15,16). The van der Waals surface area contributed by atoms with Crippen LogP contribution in [0.5, 0.6) is 0 Å². The molecule has 2 N–H and O–H groups in total. The minimum absolute atomic E-state index is 0.203. The van der Waals surface area contributed by atoms with E-state index >= 15 is 0 Å². The van der Waals surface area contributed by atoms with E-state index in [4.69, 9.17) is 4.74 Å². The minimum Gasteiger partial charge on any atom is -0.481 e. The number of nitrogens with zero attached hydrogens (tertiary/aromatic N) is 1. The number of carbonyl (C=O) groups is 2.